The second kappa shape index (κ2) is 8.34. The van der Waals surface area contributed by atoms with E-state index in [4.69, 9.17) is 23.2 Å². The first-order chi connectivity index (χ1) is 14.4. The molecule has 152 valence electrons. The smallest absolute Gasteiger partial charge is 0.274 e. The average Bonchev–Trinajstić information content (AvgIpc) is 3.33. The van der Waals surface area contributed by atoms with Gasteiger partial charge in [-0.15, -0.1) is 0 Å². The number of anilines is 1. The summed E-state index contributed by atoms with van der Waals surface area (Å²) in [6.07, 6.45) is 0. The van der Waals surface area contributed by atoms with Gasteiger partial charge in [0.15, 0.2) is 5.82 Å². The Hall–Kier alpha value is -3.09. The van der Waals surface area contributed by atoms with Crippen LogP contribution in [0.5, 0.6) is 0 Å². The molecule has 4 rings (SSSR count). The molecule has 0 unspecified atom stereocenters. The average molecular weight is 440 g/mol. The normalized spacial score (nSPS) is 10.9. The maximum atomic E-state index is 12.6. The lowest BCUT2D eigenvalue weighted by atomic mass is 10.1. The second-order valence-electron chi connectivity index (χ2n) is 7.06. The van der Waals surface area contributed by atoms with E-state index in [1.165, 1.54) is 5.56 Å². The summed E-state index contributed by atoms with van der Waals surface area (Å²) in [6.45, 7) is 4.46. The first-order valence-electron chi connectivity index (χ1n) is 9.31. The molecule has 2 N–H and O–H groups in total. The predicted molar refractivity (Wildman–Crippen MR) is 119 cm³/mol. The van der Waals surface area contributed by atoms with Crippen LogP contribution in [-0.2, 0) is 6.54 Å². The van der Waals surface area contributed by atoms with Crippen LogP contribution in [0.1, 0.15) is 27.3 Å². The van der Waals surface area contributed by atoms with E-state index >= 15 is 0 Å². The van der Waals surface area contributed by atoms with Gasteiger partial charge >= 0.3 is 0 Å². The molecule has 0 atom stereocenters. The Morgan fingerprint density at radius 3 is 2.53 bits per heavy atom. The van der Waals surface area contributed by atoms with Crippen molar-refractivity contribution in [3.63, 3.8) is 0 Å². The van der Waals surface area contributed by atoms with Gasteiger partial charge < -0.3 is 5.32 Å². The number of benzene rings is 2. The topological polar surface area (TPSA) is 75.6 Å². The van der Waals surface area contributed by atoms with Crippen LogP contribution >= 0.6 is 23.2 Å². The van der Waals surface area contributed by atoms with Crippen molar-refractivity contribution in [1.82, 2.24) is 20.0 Å². The molecule has 0 fully saturated rings. The Labute approximate surface area is 183 Å². The number of nitrogens with zero attached hydrogens (tertiary/aromatic N) is 3. The highest BCUT2D eigenvalue weighted by Crippen LogP contribution is 2.23. The minimum absolute atomic E-state index is 0.306. The third-order valence-electron chi connectivity index (χ3n) is 4.71. The van der Waals surface area contributed by atoms with E-state index < -0.39 is 0 Å². The molecule has 8 heteroatoms. The molecule has 0 aliphatic heterocycles. The van der Waals surface area contributed by atoms with Crippen molar-refractivity contribution in [2.24, 2.45) is 0 Å². The van der Waals surface area contributed by atoms with Gasteiger partial charge in [-0.2, -0.15) is 10.2 Å². The number of hydrogen-bond acceptors (Lipinski definition) is 3. The van der Waals surface area contributed by atoms with Crippen molar-refractivity contribution < 1.29 is 4.79 Å². The fourth-order valence-corrected chi connectivity index (χ4v) is 3.36. The zero-order chi connectivity index (χ0) is 21.3. The van der Waals surface area contributed by atoms with Crippen molar-refractivity contribution in [2.75, 3.05) is 5.32 Å². The summed E-state index contributed by atoms with van der Waals surface area (Å²) in [4.78, 5) is 12.6. The summed E-state index contributed by atoms with van der Waals surface area (Å²) < 4.78 is 1.79. The van der Waals surface area contributed by atoms with Crippen molar-refractivity contribution in [3.05, 3.63) is 87.2 Å². The lowest BCUT2D eigenvalue weighted by Crippen LogP contribution is -2.13. The number of halogens is 2. The number of carbonyl (C=O) groups excluding carboxylic acids is 1. The number of aromatic amines is 1. The van der Waals surface area contributed by atoms with E-state index in [2.05, 4.69) is 20.6 Å². The minimum atomic E-state index is -0.306. The number of hydrogen-bond donors (Lipinski definition) is 2. The van der Waals surface area contributed by atoms with E-state index in [0.717, 1.165) is 16.8 Å². The Balaban J connectivity index is 1.47. The molecule has 0 saturated carbocycles. The Morgan fingerprint density at radius 1 is 1.03 bits per heavy atom. The fraction of sp³-hybridized carbons (Fsp3) is 0.136. The second-order valence-corrected chi connectivity index (χ2v) is 7.88. The standard InChI is InChI=1S/C22H19Cl2N5O/c1-13-3-6-16(7-4-13)19-11-20(27-26-19)22(30)25-21-9-14(2)29(28-21)12-15-5-8-17(23)18(24)10-15/h3-11H,12H2,1-2H3,(H,26,27)(H,25,28,30). The molecule has 4 aromatic rings. The van der Waals surface area contributed by atoms with E-state index in [-0.39, 0.29) is 5.91 Å². The third kappa shape index (κ3) is 4.40. The number of carbonyl (C=O) groups is 1. The number of aromatic nitrogens is 4. The van der Waals surface area contributed by atoms with Gasteiger partial charge in [-0.05, 0) is 37.6 Å². The summed E-state index contributed by atoms with van der Waals surface area (Å²) >= 11 is 12.1. The molecular formula is C22H19Cl2N5O. The zero-order valence-electron chi connectivity index (χ0n) is 16.4. The van der Waals surface area contributed by atoms with E-state index in [1.807, 2.05) is 50.2 Å². The molecule has 0 saturated heterocycles. The minimum Gasteiger partial charge on any atom is -0.304 e. The Kier molecular flexibility index (Phi) is 5.61. The summed E-state index contributed by atoms with van der Waals surface area (Å²) in [5, 5.41) is 15.3. The zero-order valence-corrected chi connectivity index (χ0v) is 17.9. The van der Waals surface area contributed by atoms with Crippen LogP contribution in [-0.4, -0.2) is 25.9 Å². The summed E-state index contributed by atoms with van der Waals surface area (Å²) in [5.74, 6) is 0.157. The van der Waals surface area contributed by atoms with Crippen LogP contribution in [0.2, 0.25) is 10.0 Å². The lowest BCUT2D eigenvalue weighted by Gasteiger charge is -2.06. The molecule has 0 bridgehead atoms. The number of nitrogens with one attached hydrogen (secondary N) is 2. The Morgan fingerprint density at radius 2 is 1.80 bits per heavy atom. The van der Waals surface area contributed by atoms with Crippen molar-refractivity contribution in [3.8, 4) is 11.3 Å². The Bertz CT molecular complexity index is 1210. The molecule has 6 nitrogen and oxygen atoms in total. The van der Waals surface area contributed by atoms with E-state index in [0.29, 0.717) is 33.8 Å². The van der Waals surface area contributed by atoms with Gasteiger partial charge in [-0.25, -0.2) is 0 Å². The molecule has 2 heterocycles. The van der Waals surface area contributed by atoms with Crippen LogP contribution in [0.15, 0.2) is 54.6 Å². The van der Waals surface area contributed by atoms with Gasteiger partial charge in [0, 0.05) is 17.3 Å². The highest BCUT2D eigenvalue weighted by atomic mass is 35.5. The number of aryl methyl sites for hydroxylation is 2. The molecule has 1 amide bonds. The third-order valence-corrected chi connectivity index (χ3v) is 5.45. The van der Waals surface area contributed by atoms with Crippen LogP contribution in [0.25, 0.3) is 11.3 Å². The molecule has 0 radical (unpaired) electrons. The van der Waals surface area contributed by atoms with E-state index in [1.54, 1.807) is 22.9 Å². The molecule has 0 aliphatic carbocycles. The number of H-pyrrole nitrogens is 1. The van der Waals surface area contributed by atoms with Crippen molar-refractivity contribution in [2.45, 2.75) is 20.4 Å². The highest BCUT2D eigenvalue weighted by Gasteiger charge is 2.14. The number of rotatable bonds is 5. The van der Waals surface area contributed by atoms with E-state index in [9.17, 15) is 4.79 Å². The summed E-state index contributed by atoms with van der Waals surface area (Å²) in [7, 11) is 0. The molecule has 0 aliphatic rings. The maximum Gasteiger partial charge on any atom is 0.274 e. The predicted octanol–water partition coefficient (Wildman–Crippen LogP) is 5.50. The quantitative estimate of drug-likeness (QED) is 0.431. The van der Waals surface area contributed by atoms with Gasteiger partial charge in [0.05, 0.1) is 22.3 Å². The first kappa shape index (κ1) is 20.2. The molecule has 2 aromatic heterocycles. The fourth-order valence-electron chi connectivity index (χ4n) is 3.04. The lowest BCUT2D eigenvalue weighted by molar-refractivity contribution is 0.102. The maximum absolute atomic E-state index is 12.6. The largest absolute Gasteiger partial charge is 0.304 e. The van der Waals surface area contributed by atoms with Gasteiger partial charge in [0.2, 0.25) is 0 Å². The summed E-state index contributed by atoms with van der Waals surface area (Å²) in [5.41, 5.74) is 5.05. The van der Waals surface area contributed by atoms with Crippen LogP contribution in [0.3, 0.4) is 0 Å². The highest BCUT2D eigenvalue weighted by molar-refractivity contribution is 6.42. The van der Waals surface area contributed by atoms with Crippen molar-refractivity contribution in [1.29, 1.82) is 0 Å². The SMILES string of the molecule is Cc1ccc(-c2cc(C(=O)Nc3cc(C)n(Cc4ccc(Cl)c(Cl)c4)n3)[nH]n2)cc1. The van der Waals surface area contributed by atoms with Gasteiger partial charge in [-0.1, -0.05) is 59.1 Å². The number of amides is 1. The van der Waals surface area contributed by atoms with Gasteiger partial charge in [0.1, 0.15) is 5.69 Å². The molecule has 0 spiro atoms. The molecule has 30 heavy (non-hydrogen) atoms. The van der Waals surface area contributed by atoms with Gasteiger partial charge in [0.25, 0.3) is 5.91 Å². The van der Waals surface area contributed by atoms with Crippen LogP contribution < -0.4 is 5.32 Å². The summed E-state index contributed by atoms with van der Waals surface area (Å²) in [6, 6.07) is 16.9. The molecular weight excluding hydrogens is 421 g/mol. The monoisotopic (exact) mass is 439 g/mol. The first-order valence-corrected chi connectivity index (χ1v) is 10.1. The molecule has 2 aromatic carbocycles. The van der Waals surface area contributed by atoms with Gasteiger partial charge in [-0.3, -0.25) is 14.6 Å². The van der Waals surface area contributed by atoms with Crippen LogP contribution in [0.4, 0.5) is 5.82 Å². The van der Waals surface area contributed by atoms with Crippen LogP contribution in [0, 0.1) is 13.8 Å². The van der Waals surface area contributed by atoms with Crippen molar-refractivity contribution >= 4 is 34.9 Å².